The highest BCUT2D eigenvalue weighted by atomic mass is 35.5. The normalized spacial score (nSPS) is 18.0. The Balaban J connectivity index is 1.70. The van der Waals surface area contributed by atoms with Gasteiger partial charge in [0.2, 0.25) is 5.95 Å². The molecule has 0 amide bonds. The Hall–Kier alpha value is -2.11. The number of piperidine rings is 1. The third-order valence-electron chi connectivity index (χ3n) is 5.16. The molecule has 1 aromatic heterocycles. The molecule has 0 atom stereocenters. The fourth-order valence-electron chi connectivity index (χ4n) is 3.64. The van der Waals surface area contributed by atoms with Gasteiger partial charge >= 0.3 is 0 Å². The van der Waals surface area contributed by atoms with E-state index in [1.54, 1.807) is 0 Å². The summed E-state index contributed by atoms with van der Waals surface area (Å²) in [5, 5.41) is 8.32. The van der Waals surface area contributed by atoms with Gasteiger partial charge in [0.05, 0.1) is 10.7 Å². The van der Waals surface area contributed by atoms with E-state index in [1.807, 2.05) is 12.3 Å². The van der Waals surface area contributed by atoms with Gasteiger partial charge in [0, 0.05) is 30.4 Å². The first-order chi connectivity index (χ1) is 12.7. The molecule has 1 aromatic carbocycles. The average molecular weight is 370 g/mol. The number of benzene rings is 1. The SMILES string of the molecule is CN(c1ccc(Cl)c2cnc(NC3=CCCC=C3)nc12)C1CCNCC1. The summed E-state index contributed by atoms with van der Waals surface area (Å²) < 4.78 is 0. The fraction of sp³-hybridized carbons (Fsp3) is 0.400. The predicted molar refractivity (Wildman–Crippen MR) is 109 cm³/mol. The maximum absolute atomic E-state index is 6.41. The van der Waals surface area contributed by atoms with Crippen LogP contribution >= 0.6 is 11.6 Å². The molecule has 1 fully saturated rings. The van der Waals surface area contributed by atoms with Crippen LogP contribution in [0.25, 0.3) is 10.9 Å². The van der Waals surface area contributed by atoms with Gasteiger partial charge < -0.3 is 15.5 Å². The number of nitrogens with one attached hydrogen (secondary N) is 2. The van der Waals surface area contributed by atoms with Crippen molar-refractivity contribution in [3.8, 4) is 0 Å². The summed E-state index contributed by atoms with van der Waals surface area (Å²) in [5.74, 6) is 0.609. The van der Waals surface area contributed by atoms with Crippen molar-refractivity contribution in [1.82, 2.24) is 15.3 Å². The zero-order valence-electron chi connectivity index (χ0n) is 15.0. The second kappa shape index (κ2) is 7.64. The van der Waals surface area contributed by atoms with Crippen molar-refractivity contribution >= 4 is 34.1 Å². The molecule has 0 spiro atoms. The Labute approximate surface area is 159 Å². The molecular weight excluding hydrogens is 346 g/mol. The fourth-order valence-corrected chi connectivity index (χ4v) is 3.84. The van der Waals surface area contributed by atoms with Gasteiger partial charge in [-0.25, -0.2) is 9.97 Å². The number of fused-ring (bicyclic) bond motifs is 1. The monoisotopic (exact) mass is 369 g/mol. The molecule has 136 valence electrons. The van der Waals surface area contributed by atoms with Crippen LogP contribution in [0.2, 0.25) is 5.02 Å². The highest BCUT2D eigenvalue weighted by molar-refractivity contribution is 6.35. The van der Waals surface area contributed by atoms with Crippen molar-refractivity contribution < 1.29 is 0 Å². The van der Waals surface area contributed by atoms with Gasteiger partial charge in [-0.2, -0.15) is 0 Å². The third-order valence-corrected chi connectivity index (χ3v) is 5.49. The summed E-state index contributed by atoms with van der Waals surface area (Å²) in [6.45, 7) is 2.12. The smallest absolute Gasteiger partial charge is 0.227 e. The molecule has 2 aliphatic rings. The zero-order valence-corrected chi connectivity index (χ0v) is 15.8. The molecule has 1 aliphatic heterocycles. The minimum absolute atomic E-state index is 0.510. The number of hydrogen-bond donors (Lipinski definition) is 2. The van der Waals surface area contributed by atoms with E-state index in [0.717, 1.165) is 61.1 Å². The van der Waals surface area contributed by atoms with Gasteiger partial charge in [-0.05, 0) is 57.0 Å². The molecule has 0 saturated carbocycles. The van der Waals surface area contributed by atoms with Gasteiger partial charge in [-0.3, -0.25) is 0 Å². The van der Waals surface area contributed by atoms with Gasteiger partial charge in [0.25, 0.3) is 0 Å². The molecule has 1 saturated heterocycles. The number of nitrogens with zero attached hydrogens (tertiary/aromatic N) is 3. The predicted octanol–water partition coefficient (Wildman–Crippen LogP) is 4.12. The maximum Gasteiger partial charge on any atom is 0.227 e. The maximum atomic E-state index is 6.41. The van der Waals surface area contributed by atoms with Crippen molar-refractivity contribution in [3.63, 3.8) is 0 Å². The van der Waals surface area contributed by atoms with E-state index < -0.39 is 0 Å². The van der Waals surface area contributed by atoms with Crippen molar-refractivity contribution in [1.29, 1.82) is 0 Å². The minimum Gasteiger partial charge on any atom is -0.370 e. The summed E-state index contributed by atoms with van der Waals surface area (Å²) in [6, 6.07) is 4.53. The molecule has 0 unspecified atom stereocenters. The van der Waals surface area contributed by atoms with Gasteiger partial charge in [0.1, 0.15) is 5.52 Å². The summed E-state index contributed by atoms with van der Waals surface area (Å²) in [5.41, 5.74) is 3.05. The van der Waals surface area contributed by atoms with Gasteiger partial charge in [0.15, 0.2) is 0 Å². The highest BCUT2D eigenvalue weighted by Gasteiger charge is 2.21. The lowest BCUT2D eigenvalue weighted by Crippen LogP contribution is -2.41. The van der Waals surface area contributed by atoms with Crippen LogP contribution in [0.4, 0.5) is 11.6 Å². The third kappa shape index (κ3) is 3.55. The van der Waals surface area contributed by atoms with Crippen molar-refractivity contribution in [3.05, 3.63) is 47.3 Å². The number of halogens is 1. The first-order valence-electron chi connectivity index (χ1n) is 9.25. The number of anilines is 2. The van der Waals surface area contributed by atoms with E-state index in [9.17, 15) is 0 Å². The molecule has 6 heteroatoms. The number of rotatable bonds is 4. The second-order valence-corrected chi connectivity index (χ2v) is 7.29. The van der Waals surface area contributed by atoms with E-state index in [0.29, 0.717) is 17.0 Å². The number of aromatic nitrogens is 2. The van der Waals surface area contributed by atoms with Crippen LogP contribution < -0.4 is 15.5 Å². The van der Waals surface area contributed by atoms with E-state index in [4.69, 9.17) is 16.6 Å². The molecule has 1 aliphatic carbocycles. The Bertz CT molecular complexity index is 855. The van der Waals surface area contributed by atoms with Crippen LogP contribution in [0.1, 0.15) is 25.7 Å². The molecule has 0 bridgehead atoms. The lowest BCUT2D eigenvalue weighted by Gasteiger charge is -2.33. The van der Waals surface area contributed by atoms with E-state index in [-0.39, 0.29) is 0 Å². The Morgan fingerprint density at radius 1 is 1.23 bits per heavy atom. The number of allylic oxidation sites excluding steroid dienone is 3. The summed E-state index contributed by atoms with van der Waals surface area (Å²) in [6.07, 6.45) is 12.6. The topological polar surface area (TPSA) is 53.1 Å². The Morgan fingerprint density at radius 3 is 2.85 bits per heavy atom. The molecule has 2 N–H and O–H groups in total. The van der Waals surface area contributed by atoms with E-state index in [2.05, 4.69) is 51.9 Å². The second-order valence-electron chi connectivity index (χ2n) is 6.88. The summed E-state index contributed by atoms with van der Waals surface area (Å²) >= 11 is 6.41. The molecular formula is C20H24ClN5. The van der Waals surface area contributed by atoms with Crippen molar-refractivity contribution in [2.24, 2.45) is 0 Å². The molecule has 0 radical (unpaired) electrons. The largest absolute Gasteiger partial charge is 0.370 e. The summed E-state index contributed by atoms with van der Waals surface area (Å²) in [4.78, 5) is 11.6. The first-order valence-corrected chi connectivity index (χ1v) is 9.63. The number of hydrogen-bond acceptors (Lipinski definition) is 5. The van der Waals surface area contributed by atoms with Crippen LogP contribution in [0.3, 0.4) is 0 Å². The van der Waals surface area contributed by atoms with Gasteiger partial charge in [-0.1, -0.05) is 23.8 Å². The lowest BCUT2D eigenvalue weighted by atomic mass is 10.0. The molecule has 2 aromatic rings. The van der Waals surface area contributed by atoms with Gasteiger partial charge in [-0.15, -0.1) is 0 Å². The van der Waals surface area contributed by atoms with Crippen molar-refractivity contribution in [2.75, 3.05) is 30.4 Å². The summed E-state index contributed by atoms with van der Waals surface area (Å²) in [7, 11) is 2.15. The standard InChI is InChI=1S/C20H24ClN5/c1-26(15-9-11-22-12-10-15)18-8-7-17(21)16-13-23-20(25-19(16)18)24-14-5-3-2-4-6-14/h3,5-8,13,15,22H,2,4,9-12H2,1H3,(H,23,24,25). The molecule has 2 heterocycles. The van der Waals surface area contributed by atoms with E-state index >= 15 is 0 Å². The molecule has 5 nitrogen and oxygen atoms in total. The lowest BCUT2D eigenvalue weighted by molar-refractivity contribution is 0.444. The average Bonchev–Trinajstić information content (AvgIpc) is 2.69. The van der Waals surface area contributed by atoms with Crippen LogP contribution in [0, 0.1) is 0 Å². The van der Waals surface area contributed by atoms with Crippen molar-refractivity contribution in [2.45, 2.75) is 31.7 Å². The van der Waals surface area contributed by atoms with E-state index in [1.165, 1.54) is 0 Å². The Morgan fingerprint density at radius 2 is 2.08 bits per heavy atom. The minimum atomic E-state index is 0.510. The molecule has 26 heavy (non-hydrogen) atoms. The zero-order chi connectivity index (χ0) is 17.9. The van der Waals surface area contributed by atoms with Crippen LogP contribution in [-0.2, 0) is 0 Å². The van der Waals surface area contributed by atoms with Crippen LogP contribution in [0.15, 0.2) is 42.3 Å². The van der Waals surface area contributed by atoms with Crippen LogP contribution in [-0.4, -0.2) is 36.1 Å². The quantitative estimate of drug-likeness (QED) is 0.849. The first kappa shape index (κ1) is 17.3. The highest BCUT2D eigenvalue weighted by Crippen LogP contribution is 2.32. The van der Waals surface area contributed by atoms with Crippen LogP contribution in [0.5, 0.6) is 0 Å². The Kier molecular flexibility index (Phi) is 5.09. The molecule has 4 rings (SSSR count).